The maximum Gasteiger partial charge on any atom is 0.222 e. The first-order valence-electron chi connectivity index (χ1n) is 5.68. The van der Waals surface area contributed by atoms with E-state index in [1.165, 1.54) is 0 Å². The molecule has 0 rings (SSSR count). The van der Waals surface area contributed by atoms with Gasteiger partial charge in [0, 0.05) is 25.9 Å². The van der Waals surface area contributed by atoms with Crippen molar-refractivity contribution in [3.63, 3.8) is 0 Å². The lowest BCUT2D eigenvalue weighted by molar-refractivity contribution is -0.130. The van der Waals surface area contributed by atoms with Crippen molar-refractivity contribution in [3.8, 4) is 0 Å². The number of carbonyl (C=O) groups is 1. The van der Waals surface area contributed by atoms with Crippen molar-refractivity contribution in [1.82, 2.24) is 9.80 Å². The molecule has 0 aromatic rings. The van der Waals surface area contributed by atoms with Crippen LogP contribution in [0.4, 0.5) is 0 Å². The van der Waals surface area contributed by atoms with E-state index in [2.05, 4.69) is 4.90 Å². The Morgan fingerprint density at radius 1 is 1.25 bits per heavy atom. The zero-order chi connectivity index (χ0) is 12.6. The van der Waals surface area contributed by atoms with Gasteiger partial charge in [0.1, 0.15) is 0 Å². The minimum absolute atomic E-state index is 0.176. The first-order valence-corrected chi connectivity index (χ1v) is 6.09. The fourth-order valence-corrected chi connectivity index (χ4v) is 1.50. The van der Waals surface area contributed by atoms with Gasteiger partial charge in [0.15, 0.2) is 0 Å². The van der Waals surface area contributed by atoms with Crippen LogP contribution < -0.4 is 5.73 Å². The Bertz CT molecular complexity index is 231. The third kappa shape index (κ3) is 7.59. The molecule has 0 aliphatic rings. The quantitative estimate of drug-likeness (QED) is 0.644. The maximum atomic E-state index is 11.6. The van der Waals surface area contributed by atoms with E-state index < -0.39 is 0 Å². The summed E-state index contributed by atoms with van der Waals surface area (Å²) in [6, 6.07) is 0. The van der Waals surface area contributed by atoms with Crippen LogP contribution in [-0.2, 0) is 4.79 Å². The lowest BCUT2D eigenvalue weighted by Gasteiger charge is -2.22. The van der Waals surface area contributed by atoms with Gasteiger partial charge in [-0.1, -0.05) is 19.1 Å². The van der Waals surface area contributed by atoms with Gasteiger partial charge in [-0.3, -0.25) is 4.79 Å². The molecule has 0 aliphatic heterocycles. The minimum atomic E-state index is 0.176. The standard InChI is InChI=1S/C11H23N3OS/c1-4-11(15)14(9-6-10(12)16)8-5-7-13(2)3/h4-9H2,1-3H3,(H2,12,16). The summed E-state index contributed by atoms with van der Waals surface area (Å²) in [5.41, 5.74) is 5.44. The molecule has 0 atom stereocenters. The van der Waals surface area contributed by atoms with Crippen LogP contribution in [0.1, 0.15) is 26.2 Å². The van der Waals surface area contributed by atoms with E-state index >= 15 is 0 Å². The first kappa shape index (κ1) is 15.3. The number of rotatable bonds is 8. The lowest BCUT2D eigenvalue weighted by Crippen LogP contribution is -2.35. The van der Waals surface area contributed by atoms with Crippen LogP contribution in [0.5, 0.6) is 0 Å². The Kier molecular flexibility index (Phi) is 8.11. The third-order valence-electron chi connectivity index (χ3n) is 2.32. The molecule has 0 unspecified atom stereocenters. The van der Waals surface area contributed by atoms with Gasteiger partial charge < -0.3 is 15.5 Å². The smallest absolute Gasteiger partial charge is 0.222 e. The van der Waals surface area contributed by atoms with Crippen molar-refractivity contribution < 1.29 is 4.79 Å². The van der Waals surface area contributed by atoms with Crippen LogP contribution >= 0.6 is 12.2 Å². The number of carbonyl (C=O) groups excluding carboxylic acids is 1. The summed E-state index contributed by atoms with van der Waals surface area (Å²) in [4.78, 5) is 16.1. The lowest BCUT2D eigenvalue weighted by atomic mass is 10.3. The van der Waals surface area contributed by atoms with Gasteiger partial charge in [0.2, 0.25) is 5.91 Å². The van der Waals surface area contributed by atoms with Crippen molar-refractivity contribution in [1.29, 1.82) is 0 Å². The van der Waals surface area contributed by atoms with E-state index in [9.17, 15) is 4.79 Å². The molecule has 94 valence electrons. The minimum Gasteiger partial charge on any atom is -0.393 e. The van der Waals surface area contributed by atoms with Crippen LogP contribution in [0, 0.1) is 0 Å². The van der Waals surface area contributed by atoms with Crippen molar-refractivity contribution in [2.24, 2.45) is 5.73 Å². The Labute approximate surface area is 104 Å². The van der Waals surface area contributed by atoms with E-state index in [-0.39, 0.29) is 5.91 Å². The second kappa shape index (κ2) is 8.47. The number of nitrogens with zero attached hydrogens (tertiary/aromatic N) is 2. The molecule has 0 radical (unpaired) electrons. The molecule has 4 nitrogen and oxygen atoms in total. The van der Waals surface area contributed by atoms with Gasteiger partial charge >= 0.3 is 0 Å². The second-order valence-electron chi connectivity index (χ2n) is 4.11. The molecule has 0 aliphatic carbocycles. The van der Waals surface area contributed by atoms with Crippen molar-refractivity contribution in [2.75, 3.05) is 33.7 Å². The number of amides is 1. The van der Waals surface area contributed by atoms with E-state index in [0.717, 1.165) is 19.5 Å². The van der Waals surface area contributed by atoms with Crippen molar-refractivity contribution >= 4 is 23.1 Å². The van der Waals surface area contributed by atoms with Gasteiger partial charge in [0.25, 0.3) is 0 Å². The highest BCUT2D eigenvalue weighted by atomic mass is 32.1. The normalized spacial score (nSPS) is 10.5. The summed E-state index contributed by atoms with van der Waals surface area (Å²) in [6.07, 6.45) is 2.14. The van der Waals surface area contributed by atoms with Gasteiger partial charge in [-0.2, -0.15) is 0 Å². The molecule has 0 aromatic heterocycles. The fourth-order valence-electron chi connectivity index (χ4n) is 1.41. The van der Waals surface area contributed by atoms with E-state index in [0.29, 0.717) is 24.4 Å². The highest BCUT2D eigenvalue weighted by molar-refractivity contribution is 7.80. The number of hydrogen-bond acceptors (Lipinski definition) is 3. The van der Waals surface area contributed by atoms with Gasteiger partial charge in [-0.15, -0.1) is 0 Å². The molecule has 0 saturated heterocycles. The average Bonchev–Trinajstić information content (AvgIpc) is 2.21. The summed E-state index contributed by atoms with van der Waals surface area (Å²) < 4.78 is 0. The molecule has 0 bridgehead atoms. The topological polar surface area (TPSA) is 49.6 Å². The Balaban J connectivity index is 4.00. The molecule has 5 heteroatoms. The SMILES string of the molecule is CCC(=O)N(CCCN(C)C)CCC(N)=S. The van der Waals surface area contributed by atoms with Gasteiger partial charge in [-0.05, 0) is 27.1 Å². The molecule has 0 saturated carbocycles. The summed E-state index contributed by atoms with van der Waals surface area (Å²) >= 11 is 4.82. The predicted molar refractivity (Wildman–Crippen MR) is 71.4 cm³/mol. The van der Waals surface area contributed by atoms with Crippen molar-refractivity contribution in [2.45, 2.75) is 26.2 Å². The molecule has 1 amide bonds. The summed E-state index contributed by atoms with van der Waals surface area (Å²) in [7, 11) is 4.06. The number of thiocarbonyl (C=S) groups is 1. The molecule has 0 spiro atoms. The van der Waals surface area contributed by atoms with Crippen LogP contribution in [-0.4, -0.2) is 54.4 Å². The first-order chi connectivity index (χ1) is 7.47. The molecule has 0 fully saturated rings. The summed E-state index contributed by atoms with van der Waals surface area (Å²) in [5, 5.41) is 0. The Morgan fingerprint density at radius 2 is 1.88 bits per heavy atom. The largest absolute Gasteiger partial charge is 0.393 e. The van der Waals surface area contributed by atoms with Crippen LogP contribution in [0.25, 0.3) is 0 Å². The van der Waals surface area contributed by atoms with Crippen molar-refractivity contribution in [3.05, 3.63) is 0 Å². The number of hydrogen-bond donors (Lipinski definition) is 1. The van der Waals surface area contributed by atoms with Crippen LogP contribution in [0.15, 0.2) is 0 Å². The summed E-state index contributed by atoms with van der Waals surface area (Å²) in [6.45, 7) is 4.30. The van der Waals surface area contributed by atoms with E-state index in [1.807, 2.05) is 25.9 Å². The summed E-state index contributed by atoms with van der Waals surface area (Å²) in [5.74, 6) is 0.176. The highest BCUT2D eigenvalue weighted by Crippen LogP contribution is 1.99. The fraction of sp³-hybridized carbons (Fsp3) is 0.818. The molecule has 2 N–H and O–H groups in total. The predicted octanol–water partition coefficient (Wildman–Crippen LogP) is 0.853. The Morgan fingerprint density at radius 3 is 2.31 bits per heavy atom. The van der Waals surface area contributed by atoms with E-state index in [1.54, 1.807) is 0 Å². The molecule has 0 aromatic carbocycles. The third-order valence-corrected chi connectivity index (χ3v) is 2.52. The van der Waals surface area contributed by atoms with Gasteiger partial charge in [-0.25, -0.2) is 0 Å². The molecule has 16 heavy (non-hydrogen) atoms. The monoisotopic (exact) mass is 245 g/mol. The van der Waals surface area contributed by atoms with Gasteiger partial charge in [0.05, 0.1) is 4.99 Å². The van der Waals surface area contributed by atoms with E-state index in [4.69, 9.17) is 18.0 Å². The molecule has 0 heterocycles. The average molecular weight is 245 g/mol. The Hall–Kier alpha value is -0.680. The highest BCUT2D eigenvalue weighted by Gasteiger charge is 2.11. The van der Waals surface area contributed by atoms with Crippen LogP contribution in [0.2, 0.25) is 0 Å². The zero-order valence-electron chi connectivity index (χ0n) is 10.5. The number of nitrogens with two attached hydrogens (primary N) is 1. The maximum absolute atomic E-state index is 11.6. The molecular weight excluding hydrogens is 222 g/mol. The molecular formula is C11H23N3OS. The second-order valence-corrected chi connectivity index (χ2v) is 4.63. The zero-order valence-corrected chi connectivity index (χ0v) is 11.3. The van der Waals surface area contributed by atoms with Crippen LogP contribution in [0.3, 0.4) is 0 Å².